The van der Waals surface area contributed by atoms with Gasteiger partial charge in [-0.15, -0.1) is 0 Å². The third-order valence-corrected chi connectivity index (χ3v) is 6.54. The van der Waals surface area contributed by atoms with E-state index in [0.717, 1.165) is 36.3 Å². The average molecular weight is 462 g/mol. The number of halogens is 1. The molecule has 2 aromatic carbocycles. The number of hydrogen-bond donors (Lipinski definition) is 1. The van der Waals surface area contributed by atoms with Gasteiger partial charge in [0.1, 0.15) is 11.5 Å². The number of nitrogens with one attached hydrogen (secondary N) is 1. The summed E-state index contributed by atoms with van der Waals surface area (Å²) in [5.74, 6) is 0.982. The van der Waals surface area contributed by atoms with Gasteiger partial charge in [-0.2, -0.15) is 0 Å². The Hall–Kier alpha value is -3.35. The normalized spacial score (nSPS) is 19.1. The number of nitrogens with zero attached hydrogens (tertiary/aromatic N) is 2. The number of anilines is 1. The lowest BCUT2D eigenvalue weighted by atomic mass is 10.1. The lowest BCUT2D eigenvalue weighted by molar-refractivity contribution is -0.110. The molecule has 1 fully saturated rings. The Morgan fingerprint density at radius 3 is 2.85 bits per heavy atom. The first-order valence-corrected chi connectivity index (χ1v) is 11.3. The Balaban J connectivity index is 1.39. The molecule has 0 bridgehead atoms. The summed E-state index contributed by atoms with van der Waals surface area (Å²) in [6.45, 7) is 1.89. The highest BCUT2D eigenvalue weighted by molar-refractivity contribution is 6.36. The zero-order valence-electron chi connectivity index (χ0n) is 18.5. The lowest BCUT2D eigenvalue weighted by Crippen LogP contribution is -2.38. The van der Waals surface area contributed by atoms with Crippen LogP contribution in [0.25, 0.3) is 23.0 Å². The minimum Gasteiger partial charge on any atom is -0.457 e. The van der Waals surface area contributed by atoms with Crippen molar-refractivity contribution in [3.8, 4) is 11.3 Å². The van der Waals surface area contributed by atoms with Crippen LogP contribution in [0, 0.1) is 0 Å². The molecule has 2 amide bonds. The summed E-state index contributed by atoms with van der Waals surface area (Å²) in [6.07, 6.45) is 2.69. The van der Waals surface area contributed by atoms with Crippen LogP contribution in [0.2, 0.25) is 5.02 Å². The zero-order valence-corrected chi connectivity index (χ0v) is 19.2. The fourth-order valence-corrected chi connectivity index (χ4v) is 4.61. The van der Waals surface area contributed by atoms with Crippen molar-refractivity contribution in [2.45, 2.75) is 12.5 Å². The number of likely N-dealkylation sites (N-methyl/N-ethyl adjacent to an activating group) is 2. The van der Waals surface area contributed by atoms with Crippen LogP contribution in [0.15, 0.2) is 59.0 Å². The number of carbonyl (C=O) groups excluding carboxylic acids is 2. The quantitative estimate of drug-likeness (QED) is 0.563. The summed E-state index contributed by atoms with van der Waals surface area (Å²) in [5.41, 5.74) is 3.41. The fourth-order valence-electron chi connectivity index (χ4n) is 4.43. The third-order valence-electron chi connectivity index (χ3n) is 6.31. The summed E-state index contributed by atoms with van der Waals surface area (Å²) in [7, 11) is 3.94. The van der Waals surface area contributed by atoms with E-state index in [0.29, 0.717) is 27.7 Å². The molecule has 0 spiro atoms. The fraction of sp³-hybridized carbons (Fsp3) is 0.231. The van der Waals surface area contributed by atoms with E-state index >= 15 is 0 Å². The molecule has 2 aliphatic rings. The number of hydrogen-bond acceptors (Lipinski definition) is 4. The van der Waals surface area contributed by atoms with Crippen molar-refractivity contribution >= 4 is 40.8 Å². The first-order chi connectivity index (χ1) is 15.9. The van der Waals surface area contributed by atoms with Crippen molar-refractivity contribution in [3.05, 3.63) is 76.5 Å². The number of fused-ring (bicyclic) bond motifs is 1. The van der Waals surface area contributed by atoms with E-state index < -0.39 is 0 Å². The van der Waals surface area contributed by atoms with E-state index in [1.165, 1.54) is 0 Å². The van der Waals surface area contributed by atoms with Gasteiger partial charge in [0.25, 0.3) is 11.8 Å². The number of likely N-dealkylation sites (tertiary alicyclic amines) is 1. The van der Waals surface area contributed by atoms with Crippen LogP contribution in [-0.4, -0.2) is 54.8 Å². The van der Waals surface area contributed by atoms with Gasteiger partial charge in [-0.25, -0.2) is 0 Å². The molecule has 1 atom stereocenters. The number of furan rings is 1. The van der Waals surface area contributed by atoms with Crippen LogP contribution in [0.3, 0.4) is 0 Å². The van der Waals surface area contributed by atoms with Gasteiger partial charge in [0.05, 0.1) is 5.57 Å². The molecule has 5 rings (SSSR count). The van der Waals surface area contributed by atoms with Crippen LogP contribution in [-0.2, 0) is 4.79 Å². The molecule has 0 radical (unpaired) electrons. The second kappa shape index (κ2) is 8.54. The standard InChI is InChI=1S/C26H24ClN3O3/c1-29-11-10-19(15-29)30(2)26(32)17-5-3-4-16(12-17)24-9-7-20(33-24)14-22-21-13-18(27)6-8-23(21)28-25(22)31/h3-9,12-14,19H,10-11,15H2,1-2H3,(H,28,31)/b22-14+. The maximum absolute atomic E-state index is 13.0. The smallest absolute Gasteiger partial charge is 0.256 e. The minimum absolute atomic E-state index is 0.00200. The van der Waals surface area contributed by atoms with Crippen molar-refractivity contribution in [1.82, 2.24) is 9.80 Å². The van der Waals surface area contributed by atoms with Crippen LogP contribution < -0.4 is 5.32 Å². The molecule has 33 heavy (non-hydrogen) atoms. The Bertz CT molecular complexity index is 1280. The molecule has 1 aromatic heterocycles. The van der Waals surface area contributed by atoms with E-state index in [4.69, 9.17) is 16.0 Å². The highest BCUT2D eigenvalue weighted by Gasteiger charge is 2.27. The number of benzene rings is 2. The Morgan fingerprint density at radius 1 is 1.21 bits per heavy atom. The van der Waals surface area contributed by atoms with Crippen molar-refractivity contribution in [2.75, 3.05) is 32.5 Å². The van der Waals surface area contributed by atoms with Gasteiger partial charge in [0.2, 0.25) is 0 Å². The monoisotopic (exact) mass is 461 g/mol. The maximum atomic E-state index is 13.0. The van der Waals surface area contributed by atoms with E-state index in [1.807, 2.05) is 48.3 Å². The first kappa shape index (κ1) is 21.5. The topological polar surface area (TPSA) is 65.8 Å². The predicted octanol–water partition coefficient (Wildman–Crippen LogP) is 4.87. The van der Waals surface area contributed by atoms with Gasteiger partial charge in [0.15, 0.2) is 0 Å². The van der Waals surface area contributed by atoms with E-state index in [1.54, 1.807) is 24.3 Å². The van der Waals surface area contributed by atoms with E-state index in [9.17, 15) is 9.59 Å². The largest absolute Gasteiger partial charge is 0.457 e. The molecule has 1 saturated heterocycles. The highest BCUT2D eigenvalue weighted by atomic mass is 35.5. The number of carbonyl (C=O) groups is 2. The molecule has 1 N–H and O–H groups in total. The SMILES string of the molecule is CN1CCC(N(C)C(=O)c2cccc(-c3ccc(/C=C4/C(=O)Nc5ccc(Cl)cc54)o3)c2)C1. The molecular formula is C26H24ClN3O3. The summed E-state index contributed by atoms with van der Waals surface area (Å²) >= 11 is 6.11. The summed E-state index contributed by atoms with van der Waals surface area (Å²) in [4.78, 5) is 29.5. The third kappa shape index (κ3) is 4.19. The molecule has 1 unspecified atom stereocenters. The van der Waals surface area contributed by atoms with Gasteiger partial charge in [-0.1, -0.05) is 23.7 Å². The molecular weight excluding hydrogens is 438 g/mol. The lowest BCUT2D eigenvalue weighted by Gasteiger charge is -2.24. The second-order valence-electron chi connectivity index (χ2n) is 8.61. The van der Waals surface area contributed by atoms with Gasteiger partial charge in [0, 0.05) is 47.0 Å². The van der Waals surface area contributed by atoms with Gasteiger partial charge < -0.3 is 19.5 Å². The minimum atomic E-state index is -0.196. The molecule has 3 heterocycles. The van der Waals surface area contributed by atoms with Crippen LogP contribution in [0.1, 0.15) is 28.1 Å². The zero-order chi connectivity index (χ0) is 23.1. The average Bonchev–Trinajstić information content (AvgIpc) is 3.53. The van der Waals surface area contributed by atoms with Gasteiger partial charge in [-0.3, -0.25) is 9.59 Å². The molecule has 0 aliphatic carbocycles. The second-order valence-corrected chi connectivity index (χ2v) is 9.04. The summed E-state index contributed by atoms with van der Waals surface area (Å²) in [6, 6.07) is 16.6. The Kier molecular flexibility index (Phi) is 5.56. The highest BCUT2D eigenvalue weighted by Crippen LogP contribution is 2.35. The molecule has 3 aromatic rings. The van der Waals surface area contributed by atoms with Crippen molar-refractivity contribution in [1.29, 1.82) is 0 Å². The molecule has 7 heteroatoms. The predicted molar refractivity (Wildman–Crippen MR) is 130 cm³/mol. The van der Waals surface area contributed by atoms with E-state index in [2.05, 4.69) is 17.3 Å². The molecule has 0 saturated carbocycles. The van der Waals surface area contributed by atoms with Crippen molar-refractivity contribution in [3.63, 3.8) is 0 Å². The van der Waals surface area contributed by atoms with Crippen LogP contribution >= 0.6 is 11.6 Å². The maximum Gasteiger partial charge on any atom is 0.256 e. The Morgan fingerprint density at radius 2 is 2.06 bits per heavy atom. The number of rotatable bonds is 4. The van der Waals surface area contributed by atoms with Gasteiger partial charge >= 0.3 is 0 Å². The Labute approximate surface area is 197 Å². The van der Waals surface area contributed by atoms with E-state index in [-0.39, 0.29) is 17.9 Å². The first-order valence-electron chi connectivity index (χ1n) is 10.9. The van der Waals surface area contributed by atoms with Crippen molar-refractivity contribution < 1.29 is 14.0 Å². The molecule has 2 aliphatic heterocycles. The molecule has 168 valence electrons. The summed E-state index contributed by atoms with van der Waals surface area (Å²) in [5, 5.41) is 3.40. The molecule has 6 nitrogen and oxygen atoms in total. The summed E-state index contributed by atoms with van der Waals surface area (Å²) < 4.78 is 6.01. The van der Waals surface area contributed by atoms with Crippen LogP contribution in [0.4, 0.5) is 5.69 Å². The van der Waals surface area contributed by atoms with Gasteiger partial charge in [-0.05, 0) is 68.6 Å². The van der Waals surface area contributed by atoms with Crippen LogP contribution in [0.5, 0.6) is 0 Å². The number of amides is 2. The van der Waals surface area contributed by atoms with Crippen molar-refractivity contribution in [2.24, 2.45) is 0 Å².